The number of carbonyl (C=O) groups is 3. The van der Waals surface area contributed by atoms with Crippen molar-refractivity contribution in [3.63, 3.8) is 0 Å². The van der Waals surface area contributed by atoms with Crippen molar-refractivity contribution in [2.75, 3.05) is 6.61 Å². The highest BCUT2D eigenvalue weighted by atomic mass is 19.1. The fraction of sp³-hybridized carbons (Fsp3) is 0.775. The van der Waals surface area contributed by atoms with E-state index in [0.29, 0.717) is 18.4 Å². The van der Waals surface area contributed by atoms with Crippen LogP contribution in [0.1, 0.15) is 107 Å². The molecule has 0 aromatic rings. The van der Waals surface area contributed by atoms with Crippen LogP contribution in [-0.2, 0) is 28.6 Å². The van der Waals surface area contributed by atoms with Crippen molar-refractivity contribution in [2.45, 2.75) is 155 Å². The van der Waals surface area contributed by atoms with Crippen molar-refractivity contribution in [3.05, 3.63) is 36.0 Å². The lowest BCUT2D eigenvalue weighted by Crippen LogP contribution is -2.70. The van der Waals surface area contributed by atoms with E-state index in [4.69, 9.17) is 14.2 Å². The summed E-state index contributed by atoms with van der Waals surface area (Å²) in [5.74, 6) is -2.58. The number of halogens is 2. The molecule has 10 heteroatoms. The molecule has 0 radical (unpaired) electrons. The average Bonchev–Trinajstić information content (AvgIpc) is 3.49. The highest BCUT2D eigenvalue weighted by Gasteiger charge is 2.80. The number of ether oxygens (including phenoxy) is 3. The molecule has 0 spiro atoms. The minimum absolute atomic E-state index is 0.0727. The first-order chi connectivity index (χ1) is 23.2. The van der Waals surface area contributed by atoms with Crippen molar-refractivity contribution < 1.29 is 42.5 Å². The molecule has 0 bridgehead atoms. The van der Waals surface area contributed by atoms with Crippen LogP contribution in [0.2, 0.25) is 0 Å². The van der Waals surface area contributed by atoms with Gasteiger partial charge in [-0.25, -0.2) is 8.78 Å². The highest BCUT2D eigenvalue weighted by Crippen LogP contribution is 2.72. The Morgan fingerprint density at radius 3 is 2.46 bits per heavy atom. The molecule has 0 aromatic carbocycles. The second-order valence-electron chi connectivity index (χ2n) is 17.5. The van der Waals surface area contributed by atoms with Crippen LogP contribution in [-0.4, -0.2) is 77.3 Å². The van der Waals surface area contributed by atoms with Gasteiger partial charge in [-0.05, 0) is 75.9 Å². The van der Waals surface area contributed by atoms with Crippen molar-refractivity contribution >= 4 is 17.5 Å². The molecule has 1 aliphatic heterocycles. The van der Waals surface area contributed by atoms with E-state index in [1.54, 1.807) is 39.0 Å². The van der Waals surface area contributed by atoms with E-state index in [9.17, 15) is 19.5 Å². The number of hydrogen-bond acceptors (Lipinski definition) is 8. The number of carbonyl (C=O) groups excluding carboxylic acids is 3. The molecule has 4 fully saturated rings. The number of ketones is 2. The molecule has 0 aromatic heterocycles. The van der Waals surface area contributed by atoms with Crippen LogP contribution in [0.25, 0.3) is 0 Å². The molecule has 11 atom stereocenters. The zero-order valence-electron chi connectivity index (χ0n) is 31.4. The summed E-state index contributed by atoms with van der Waals surface area (Å²) >= 11 is 0. The molecular formula is C40H59F2NO7. The highest BCUT2D eigenvalue weighted by molar-refractivity contribution is 5.94. The van der Waals surface area contributed by atoms with Crippen LogP contribution in [0.5, 0.6) is 0 Å². The van der Waals surface area contributed by atoms with E-state index in [2.05, 4.69) is 11.9 Å². The van der Waals surface area contributed by atoms with Crippen molar-refractivity contribution in [1.29, 1.82) is 0 Å². The van der Waals surface area contributed by atoms with Gasteiger partial charge in [-0.3, -0.25) is 14.4 Å². The number of esters is 1. The number of rotatable bonds is 13. The number of alkyl halides is 2. The number of aliphatic hydroxyl groups excluding tert-OH is 1. The molecule has 1 heterocycles. The Morgan fingerprint density at radius 1 is 1.16 bits per heavy atom. The molecule has 4 aliphatic carbocycles. The monoisotopic (exact) mass is 703 g/mol. The minimum atomic E-state index is -2.21. The topological polar surface area (TPSA) is 111 Å². The molecule has 1 saturated heterocycles. The quantitative estimate of drug-likeness (QED) is 0.204. The van der Waals surface area contributed by atoms with Gasteiger partial charge in [-0.1, -0.05) is 72.8 Å². The Hall–Kier alpha value is -2.27. The normalized spacial score (nSPS) is 39.8. The Bertz CT molecular complexity index is 1430. The Labute approximate surface area is 296 Å². The van der Waals surface area contributed by atoms with Gasteiger partial charge in [-0.2, -0.15) is 0 Å². The van der Waals surface area contributed by atoms with Gasteiger partial charge in [-0.15, -0.1) is 0 Å². The summed E-state index contributed by atoms with van der Waals surface area (Å²) in [7, 11) is 0. The van der Waals surface area contributed by atoms with E-state index in [1.807, 2.05) is 41.5 Å². The number of Topliss-reactive ketones (excluding diaryl/α,β-unsaturated/α-hetero) is 2. The summed E-state index contributed by atoms with van der Waals surface area (Å²) in [6, 6.07) is -0.339. The van der Waals surface area contributed by atoms with Gasteiger partial charge in [0.2, 0.25) is 5.78 Å². The summed E-state index contributed by atoms with van der Waals surface area (Å²) in [6.45, 7) is 20.0. The summed E-state index contributed by atoms with van der Waals surface area (Å²) in [5, 5.41) is 15.2. The predicted molar refractivity (Wildman–Crippen MR) is 186 cm³/mol. The minimum Gasteiger partial charge on any atom is -0.457 e. The number of fused-ring (bicyclic) bond motifs is 7. The predicted octanol–water partition coefficient (Wildman–Crippen LogP) is 6.69. The summed E-state index contributed by atoms with van der Waals surface area (Å²) in [4.78, 5) is 41.5. The second-order valence-corrected chi connectivity index (χ2v) is 17.5. The van der Waals surface area contributed by atoms with E-state index in [1.165, 1.54) is 0 Å². The van der Waals surface area contributed by atoms with Gasteiger partial charge in [0.05, 0.1) is 23.7 Å². The lowest BCUT2D eigenvalue weighted by Gasteiger charge is -2.63. The molecule has 2 N–H and O–H groups in total. The fourth-order valence-electron chi connectivity index (χ4n) is 10.2. The summed E-state index contributed by atoms with van der Waals surface area (Å²) in [6.07, 6.45) is 2.10. The van der Waals surface area contributed by atoms with Crippen molar-refractivity contribution in [1.82, 2.24) is 5.32 Å². The lowest BCUT2D eigenvalue weighted by atomic mass is 9.44. The number of nitrogens with one attached hydrogen (secondary N) is 1. The molecular weight excluding hydrogens is 644 g/mol. The van der Waals surface area contributed by atoms with Gasteiger partial charge >= 0.3 is 5.97 Å². The smallest absolute Gasteiger partial charge is 0.312 e. The number of hydrogen-bond donors (Lipinski definition) is 2. The SMILES string of the molecule is C=C1C=C[C@@]2(C)C(=C1)[C@@H](F)C[C@H]1[C@@H]3C[C@H]4OC(CCC)O[C@@]4(C(=O)COC(=O)C(C)(C)CC(=O)[C@H](CC(C)C)NC(C)C)[C@@]3(C)C[C@H](O)[C@@]12F. The number of aliphatic hydroxyl groups is 1. The fourth-order valence-corrected chi connectivity index (χ4v) is 10.2. The van der Waals surface area contributed by atoms with Crippen LogP contribution < -0.4 is 5.32 Å². The zero-order valence-corrected chi connectivity index (χ0v) is 31.4. The van der Waals surface area contributed by atoms with Crippen LogP contribution >= 0.6 is 0 Å². The molecule has 3 saturated carbocycles. The van der Waals surface area contributed by atoms with Gasteiger partial charge in [0, 0.05) is 29.2 Å². The molecule has 5 aliphatic rings. The lowest BCUT2D eigenvalue weighted by molar-refractivity contribution is -0.235. The van der Waals surface area contributed by atoms with Crippen LogP contribution in [0.4, 0.5) is 8.78 Å². The maximum atomic E-state index is 17.8. The van der Waals surface area contributed by atoms with Crippen LogP contribution in [0.15, 0.2) is 36.0 Å². The van der Waals surface area contributed by atoms with E-state index in [0.717, 1.165) is 6.42 Å². The summed E-state index contributed by atoms with van der Waals surface area (Å²) in [5.41, 5.74) is -6.79. The van der Waals surface area contributed by atoms with E-state index >= 15 is 8.78 Å². The maximum absolute atomic E-state index is 17.8. The summed E-state index contributed by atoms with van der Waals surface area (Å²) < 4.78 is 52.5. The average molecular weight is 704 g/mol. The van der Waals surface area contributed by atoms with Gasteiger partial charge in [0.15, 0.2) is 29.9 Å². The molecule has 0 amide bonds. The standard InChI is InChI=1S/C40H59F2NO7/c1-11-12-34-49-33-18-25-26-17-28(41)27-16-24(6)13-14-37(27,9)39(26,42)31(45)20-38(25,10)40(33,50-34)32(46)21-48-35(47)36(7,8)19-30(44)29(15-22(2)3)43-23(4)5/h13-14,16,22-23,25-26,28-29,31,33-34,43,45H,6,11-12,15,17-21H2,1-5,7-10H3/t25-,26-,28-,29-,31-,33+,34?,37-,38-,39-,40+/m0/s1. The second kappa shape index (κ2) is 13.6. The van der Waals surface area contributed by atoms with Crippen molar-refractivity contribution in [3.8, 4) is 0 Å². The van der Waals surface area contributed by atoms with Crippen LogP contribution in [0.3, 0.4) is 0 Å². The zero-order chi connectivity index (χ0) is 37.2. The molecule has 1 unspecified atom stereocenters. The first kappa shape index (κ1) is 38.9. The van der Waals surface area contributed by atoms with Gasteiger partial charge in [0.1, 0.15) is 6.17 Å². The van der Waals surface area contributed by atoms with Gasteiger partial charge in [0.25, 0.3) is 0 Å². The Kier molecular flexibility index (Phi) is 10.6. The maximum Gasteiger partial charge on any atom is 0.312 e. The Balaban J connectivity index is 1.41. The third-order valence-electron chi connectivity index (χ3n) is 12.6. The number of allylic oxidation sites excluding steroid dienone is 5. The Morgan fingerprint density at radius 2 is 1.84 bits per heavy atom. The van der Waals surface area contributed by atoms with E-state index in [-0.39, 0.29) is 49.0 Å². The first-order valence-electron chi connectivity index (χ1n) is 18.6. The molecule has 5 rings (SSSR count). The largest absolute Gasteiger partial charge is 0.457 e. The first-order valence-corrected chi connectivity index (χ1v) is 18.6. The third kappa shape index (κ3) is 6.07. The van der Waals surface area contributed by atoms with Crippen molar-refractivity contribution in [2.24, 2.45) is 34.0 Å². The molecule has 50 heavy (non-hydrogen) atoms. The van der Waals surface area contributed by atoms with Crippen LogP contribution in [0, 0.1) is 34.0 Å². The third-order valence-corrected chi connectivity index (χ3v) is 12.6. The van der Waals surface area contributed by atoms with E-state index < -0.39 is 88.4 Å². The molecule has 280 valence electrons. The van der Waals surface area contributed by atoms with Gasteiger partial charge < -0.3 is 24.6 Å². The molecule has 8 nitrogen and oxygen atoms in total.